The van der Waals surface area contributed by atoms with Crippen molar-refractivity contribution in [2.75, 3.05) is 14.7 Å². The van der Waals surface area contributed by atoms with E-state index in [-0.39, 0.29) is 39.3 Å². The van der Waals surface area contributed by atoms with Crippen LogP contribution in [0.1, 0.15) is 161 Å². The fourth-order valence-electron chi connectivity index (χ4n) is 15.2. The molecule has 8 aromatic rings. The van der Waals surface area contributed by atoms with Crippen LogP contribution in [0.2, 0.25) is 0 Å². The first-order valence-electron chi connectivity index (χ1n) is 29.8. The lowest BCUT2D eigenvalue weighted by Gasteiger charge is -2.48. The maximum Gasteiger partial charge on any atom is 0.252 e. The smallest absolute Gasteiger partial charge is 0.252 e. The molecule has 400 valence electrons. The Hall–Kier alpha value is -6.78. The van der Waals surface area contributed by atoms with E-state index in [0.717, 1.165) is 19.3 Å². The molecule has 2 aliphatic carbocycles. The van der Waals surface area contributed by atoms with E-state index in [4.69, 9.17) is 0 Å². The first kappa shape index (κ1) is 51.6. The molecule has 0 amide bonds. The van der Waals surface area contributed by atoms with E-state index >= 15 is 0 Å². The number of hydrogen-bond donors (Lipinski definition) is 0. The highest BCUT2D eigenvalue weighted by Gasteiger charge is 2.57. The normalized spacial score (nSPS) is 20.0. The highest BCUT2D eigenvalue weighted by atomic mass is 15.3. The Morgan fingerprint density at radius 2 is 0.911 bits per heavy atom. The third-order valence-electron chi connectivity index (χ3n) is 19.7. The predicted molar refractivity (Wildman–Crippen MR) is 341 cm³/mol. The van der Waals surface area contributed by atoms with Crippen LogP contribution >= 0.6 is 0 Å². The van der Waals surface area contributed by atoms with Crippen molar-refractivity contribution in [3.63, 3.8) is 0 Å². The van der Waals surface area contributed by atoms with Gasteiger partial charge in [0.05, 0.1) is 16.9 Å². The van der Waals surface area contributed by atoms with Crippen LogP contribution in [0.15, 0.2) is 158 Å². The number of hydrogen-bond acceptors (Lipinski definition) is 3. The van der Waals surface area contributed by atoms with Crippen molar-refractivity contribution in [2.45, 2.75) is 169 Å². The van der Waals surface area contributed by atoms with Gasteiger partial charge in [0.15, 0.2) is 0 Å². The van der Waals surface area contributed by atoms with Crippen LogP contribution in [0.4, 0.5) is 45.5 Å². The third-order valence-corrected chi connectivity index (χ3v) is 19.7. The minimum absolute atomic E-state index is 0.0109. The van der Waals surface area contributed by atoms with Gasteiger partial charge in [0.25, 0.3) is 6.71 Å². The molecule has 2 unspecified atom stereocenters. The highest BCUT2D eigenvalue weighted by molar-refractivity contribution is 7.00. The van der Waals surface area contributed by atoms with E-state index in [1.807, 2.05) is 0 Å². The van der Waals surface area contributed by atoms with Crippen LogP contribution in [0.5, 0.6) is 0 Å². The summed E-state index contributed by atoms with van der Waals surface area (Å²) in [6.07, 6.45) is 8.26. The Morgan fingerprint density at radius 3 is 1.47 bits per heavy atom. The molecule has 0 aromatic heterocycles. The van der Waals surface area contributed by atoms with Crippen LogP contribution in [0, 0.1) is 12.3 Å². The monoisotopic (exact) mass is 1040 g/mol. The Kier molecular flexibility index (Phi) is 11.7. The molecule has 3 aliphatic heterocycles. The fraction of sp³-hybridized carbons (Fsp3) is 0.360. The summed E-state index contributed by atoms with van der Waals surface area (Å²) in [6.45, 7) is 33.7. The molecule has 0 bridgehead atoms. The van der Waals surface area contributed by atoms with E-state index in [9.17, 15) is 0 Å². The molecule has 0 N–H and O–H groups in total. The van der Waals surface area contributed by atoms with Crippen molar-refractivity contribution in [1.29, 1.82) is 0 Å². The minimum Gasteiger partial charge on any atom is -0.334 e. The summed E-state index contributed by atoms with van der Waals surface area (Å²) in [4.78, 5) is 8.23. The average molecular weight is 1040 g/mol. The number of aryl methyl sites for hydroxylation is 1. The first-order valence-corrected chi connectivity index (χ1v) is 29.8. The van der Waals surface area contributed by atoms with Crippen molar-refractivity contribution in [2.24, 2.45) is 5.41 Å². The van der Waals surface area contributed by atoms with Crippen molar-refractivity contribution < 1.29 is 0 Å². The SMILES string of the molecule is Cc1cc2c3c(c1)N(c1ccc(C(C)(C)C)cc1-c1ccccc1)c1cc4c(cc1B3c1cc(N3c5ccc(C(C)(C)C)cc5C5(C)CCCCCC35C)ccc1N2c1ccc(C(C)(C)C)cc1-c1ccccc1)CC(C)(C)C4. The summed E-state index contributed by atoms with van der Waals surface area (Å²) >= 11 is 0. The van der Waals surface area contributed by atoms with Gasteiger partial charge in [-0.05, 0) is 194 Å². The van der Waals surface area contributed by atoms with E-state index in [2.05, 4.69) is 269 Å². The Balaban J connectivity index is 1.14. The molecule has 0 radical (unpaired) electrons. The summed E-state index contributed by atoms with van der Waals surface area (Å²) in [5.41, 5.74) is 29.2. The lowest BCUT2D eigenvalue weighted by Crippen LogP contribution is -2.61. The second kappa shape index (κ2) is 17.9. The molecule has 3 heterocycles. The average Bonchev–Trinajstić information content (AvgIpc) is 4.05. The summed E-state index contributed by atoms with van der Waals surface area (Å²) < 4.78 is 0. The topological polar surface area (TPSA) is 9.72 Å². The van der Waals surface area contributed by atoms with Crippen molar-refractivity contribution >= 4 is 68.6 Å². The van der Waals surface area contributed by atoms with Gasteiger partial charge in [-0.2, -0.15) is 0 Å². The molecule has 1 fully saturated rings. The van der Waals surface area contributed by atoms with Crippen molar-refractivity contribution in [1.82, 2.24) is 0 Å². The second-order valence-electron chi connectivity index (χ2n) is 28.9. The lowest BCUT2D eigenvalue weighted by molar-refractivity contribution is 0.261. The number of rotatable bonds is 5. The molecular weight excluding hydrogens is 954 g/mol. The van der Waals surface area contributed by atoms with Gasteiger partial charge in [-0.15, -0.1) is 0 Å². The van der Waals surface area contributed by atoms with Gasteiger partial charge < -0.3 is 14.7 Å². The molecule has 1 saturated carbocycles. The standard InChI is InChI=1S/C75H82BN3/c1-48-38-67-69-68(39-48)78(63-33-29-54(71(5,6)7)43-58(63)50-26-20-16-21-27-50)66-41-52-47-73(11,12)46-51(52)40-60(66)76(69)61-45-56(79-64-34-30-55(72(8,9)10)44-59(64)74(13)36-22-17-23-37-75(74,79)14)31-35-65(61)77(67)62-32-28-53(70(2,3)4)42-57(62)49-24-18-15-19-25-49/h15-16,18-21,24-35,38-45H,17,22-23,36-37,46-47H2,1-14H3. The third kappa shape index (κ3) is 8.18. The number of anilines is 8. The number of fused-ring (bicyclic) bond motifs is 8. The molecule has 13 rings (SSSR count). The number of nitrogens with zero attached hydrogens (tertiary/aromatic N) is 3. The molecule has 5 aliphatic rings. The van der Waals surface area contributed by atoms with Gasteiger partial charge in [-0.25, -0.2) is 0 Å². The molecule has 0 spiro atoms. The predicted octanol–water partition coefficient (Wildman–Crippen LogP) is 18.6. The summed E-state index contributed by atoms with van der Waals surface area (Å²) in [5.74, 6) is 0. The first-order chi connectivity index (χ1) is 37.4. The van der Waals surface area contributed by atoms with Crippen LogP contribution in [-0.4, -0.2) is 12.3 Å². The Labute approximate surface area is 474 Å². The maximum absolute atomic E-state index is 2.84. The fourth-order valence-corrected chi connectivity index (χ4v) is 15.2. The van der Waals surface area contributed by atoms with E-state index in [1.165, 1.54) is 149 Å². The highest BCUT2D eigenvalue weighted by Crippen LogP contribution is 2.61. The second-order valence-corrected chi connectivity index (χ2v) is 28.9. The molecule has 4 heteroatoms. The number of benzene rings is 8. The Bertz CT molecular complexity index is 3750. The zero-order valence-corrected chi connectivity index (χ0v) is 49.9. The molecule has 8 aromatic carbocycles. The maximum atomic E-state index is 2.84. The molecular formula is C75H82BN3. The van der Waals surface area contributed by atoms with Gasteiger partial charge in [0.2, 0.25) is 0 Å². The van der Waals surface area contributed by atoms with E-state index < -0.39 is 0 Å². The van der Waals surface area contributed by atoms with Gasteiger partial charge in [0, 0.05) is 50.7 Å². The van der Waals surface area contributed by atoms with Gasteiger partial charge in [-0.3, -0.25) is 0 Å². The van der Waals surface area contributed by atoms with Gasteiger partial charge >= 0.3 is 0 Å². The van der Waals surface area contributed by atoms with E-state index in [1.54, 1.807) is 0 Å². The van der Waals surface area contributed by atoms with Crippen LogP contribution < -0.4 is 31.1 Å². The summed E-state index contributed by atoms with van der Waals surface area (Å²) in [6, 6.07) is 62.6. The molecule has 0 saturated heterocycles. The van der Waals surface area contributed by atoms with Gasteiger partial charge in [0.1, 0.15) is 0 Å². The quantitative estimate of drug-likeness (QED) is 0.159. The summed E-state index contributed by atoms with van der Waals surface area (Å²) in [7, 11) is 0. The molecule has 2 atom stereocenters. The molecule has 79 heavy (non-hydrogen) atoms. The van der Waals surface area contributed by atoms with Crippen LogP contribution in [0.25, 0.3) is 22.3 Å². The summed E-state index contributed by atoms with van der Waals surface area (Å²) in [5, 5.41) is 0. The minimum atomic E-state index is -0.116. The zero-order valence-electron chi connectivity index (χ0n) is 49.9. The van der Waals surface area contributed by atoms with Crippen molar-refractivity contribution in [3.05, 3.63) is 197 Å². The van der Waals surface area contributed by atoms with E-state index in [0.29, 0.717) is 0 Å². The largest absolute Gasteiger partial charge is 0.334 e. The van der Waals surface area contributed by atoms with Crippen LogP contribution in [0.3, 0.4) is 0 Å². The van der Waals surface area contributed by atoms with Crippen LogP contribution in [-0.2, 0) is 34.5 Å². The Morgan fingerprint density at radius 1 is 0.430 bits per heavy atom. The van der Waals surface area contributed by atoms with Gasteiger partial charge in [-0.1, -0.05) is 193 Å². The zero-order chi connectivity index (χ0) is 55.3. The molecule has 3 nitrogen and oxygen atoms in total. The lowest BCUT2D eigenvalue weighted by atomic mass is 9.33. The van der Waals surface area contributed by atoms with Crippen molar-refractivity contribution in [3.8, 4) is 22.3 Å².